The Morgan fingerprint density at radius 3 is 2.65 bits per heavy atom. The maximum atomic E-state index is 11.7. The SMILES string of the molecule is COC(=O)c1cccc(NC2CCN(c3nc(C(C)(C)C)ns3)CC2)c1. The molecule has 2 aromatic rings. The van der Waals surface area contributed by atoms with Crippen molar-refractivity contribution in [1.82, 2.24) is 9.36 Å². The van der Waals surface area contributed by atoms with E-state index in [-0.39, 0.29) is 11.4 Å². The molecule has 26 heavy (non-hydrogen) atoms. The molecule has 6 nitrogen and oxygen atoms in total. The zero-order chi connectivity index (χ0) is 18.7. The number of nitrogens with zero attached hydrogens (tertiary/aromatic N) is 3. The average molecular weight is 375 g/mol. The molecular weight excluding hydrogens is 348 g/mol. The molecule has 0 saturated carbocycles. The van der Waals surface area contributed by atoms with Crippen molar-refractivity contribution in [2.24, 2.45) is 0 Å². The van der Waals surface area contributed by atoms with E-state index in [1.807, 2.05) is 18.2 Å². The summed E-state index contributed by atoms with van der Waals surface area (Å²) in [7, 11) is 1.40. The van der Waals surface area contributed by atoms with Crippen LogP contribution in [0.3, 0.4) is 0 Å². The van der Waals surface area contributed by atoms with E-state index < -0.39 is 0 Å². The van der Waals surface area contributed by atoms with Crippen molar-refractivity contribution in [2.75, 3.05) is 30.4 Å². The highest BCUT2D eigenvalue weighted by Gasteiger charge is 2.25. The van der Waals surface area contributed by atoms with Crippen molar-refractivity contribution in [3.8, 4) is 0 Å². The highest BCUT2D eigenvalue weighted by Crippen LogP contribution is 2.28. The van der Waals surface area contributed by atoms with Crippen LogP contribution in [0.2, 0.25) is 0 Å². The molecule has 1 aliphatic heterocycles. The van der Waals surface area contributed by atoms with Crippen molar-refractivity contribution in [3.05, 3.63) is 35.7 Å². The predicted octanol–water partition coefficient (Wildman–Crippen LogP) is 3.70. The largest absolute Gasteiger partial charge is 0.465 e. The first-order valence-corrected chi connectivity index (χ1v) is 9.68. The van der Waals surface area contributed by atoms with E-state index in [1.54, 1.807) is 6.07 Å². The molecule has 0 bridgehead atoms. The molecule has 0 radical (unpaired) electrons. The van der Waals surface area contributed by atoms with Gasteiger partial charge in [0.05, 0.1) is 12.7 Å². The number of anilines is 2. The molecule has 1 aromatic carbocycles. The molecule has 1 N–H and O–H groups in total. The number of carbonyl (C=O) groups is 1. The van der Waals surface area contributed by atoms with Gasteiger partial charge >= 0.3 is 5.97 Å². The van der Waals surface area contributed by atoms with Gasteiger partial charge in [0.2, 0.25) is 5.13 Å². The molecule has 3 rings (SSSR count). The van der Waals surface area contributed by atoms with E-state index in [0.29, 0.717) is 11.6 Å². The summed E-state index contributed by atoms with van der Waals surface area (Å²) in [5.41, 5.74) is 1.51. The molecule has 0 aliphatic carbocycles. The summed E-state index contributed by atoms with van der Waals surface area (Å²) in [5.74, 6) is 0.603. The lowest BCUT2D eigenvalue weighted by Crippen LogP contribution is -2.39. The Labute approximate surface area is 158 Å². The van der Waals surface area contributed by atoms with Crippen LogP contribution in [0.25, 0.3) is 0 Å². The maximum Gasteiger partial charge on any atom is 0.337 e. The number of piperidine rings is 1. The summed E-state index contributed by atoms with van der Waals surface area (Å²) >= 11 is 1.49. The molecule has 0 amide bonds. The fourth-order valence-corrected chi connectivity index (χ4v) is 3.86. The van der Waals surface area contributed by atoms with E-state index in [1.165, 1.54) is 18.6 Å². The minimum Gasteiger partial charge on any atom is -0.465 e. The molecule has 0 spiro atoms. The Kier molecular flexibility index (Phi) is 5.46. The summed E-state index contributed by atoms with van der Waals surface area (Å²) in [4.78, 5) is 18.7. The minimum absolute atomic E-state index is 0.0146. The number of hydrogen-bond acceptors (Lipinski definition) is 7. The molecule has 1 aliphatic rings. The average Bonchev–Trinajstić information content (AvgIpc) is 3.12. The second-order valence-electron chi connectivity index (χ2n) is 7.63. The van der Waals surface area contributed by atoms with Crippen LogP contribution < -0.4 is 10.2 Å². The summed E-state index contributed by atoms with van der Waals surface area (Å²) in [6.07, 6.45) is 2.04. The predicted molar refractivity (Wildman–Crippen MR) is 105 cm³/mol. The van der Waals surface area contributed by atoms with Crippen molar-refractivity contribution in [3.63, 3.8) is 0 Å². The lowest BCUT2D eigenvalue weighted by atomic mass is 9.96. The Balaban J connectivity index is 1.57. The smallest absolute Gasteiger partial charge is 0.337 e. The maximum absolute atomic E-state index is 11.7. The molecular formula is C19H26N4O2S. The first-order valence-electron chi connectivity index (χ1n) is 8.91. The topological polar surface area (TPSA) is 67.3 Å². The van der Waals surface area contributed by atoms with Gasteiger partial charge in [0.1, 0.15) is 5.82 Å². The summed E-state index contributed by atoms with van der Waals surface area (Å²) in [6, 6.07) is 7.85. The van der Waals surface area contributed by atoms with Crippen LogP contribution in [0.4, 0.5) is 10.8 Å². The Morgan fingerprint density at radius 1 is 1.31 bits per heavy atom. The van der Waals surface area contributed by atoms with Gasteiger partial charge in [0.15, 0.2) is 0 Å². The van der Waals surface area contributed by atoms with E-state index in [9.17, 15) is 4.79 Å². The van der Waals surface area contributed by atoms with Gasteiger partial charge in [-0.05, 0) is 31.0 Å². The Bertz CT molecular complexity index is 761. The summed E-state index contributed by atoms with van der Waals surface area (Å²) < 4.78 is 9.30. The lowest BCUT2D eigenvalue weighted by molar-refractivity contribution is 0.0601. The zero-order valence-corrected chi connectivity index (χ0v) is 16.6. The minimum atomic E-state index is -0.311. The number of rotatable bonds is 4. The molecule has 1 aromatic heterocycles. The van der Waals surface area contributed by atoms with E-state index in [4.69, 9.17) is 9.72 Å². The molecule has 2 heterocycles. The van der Waals surface area contributed by atoms with Crippen LogP contribution in [0.1, 0.15) is 49.8 Å². The highest BCUT2D eigenvalue weighted by atomic mass is 32.1. The van der Waals surface area contributed by atoms with Crippen LogP contribution in [-0.2, 0) is 10.2 Å². The van der Waals surface area contributed by atoms with Gasteiger partial charge in [-0.25, -0.2) is 9.78 Å². The van der Waals surface area contributed by atoms with Crippen LogP contribution in [-0.4, -0.2) is 41.6 Å². The third-order valence-corrected chi connectivity index (χ3v) is 5.28. The third kappa shape index (κ3) is 4.33. The zero-order valence-electron chi connectivity index (χ0n) is 15.8. The summed E-state index contributed by atoms with van der Waals surface area (Å²) in [6.45, 7) is 8.31. The number of aromatic nitrogens is 2. The van der Waals surface area contributed by atoms with Crippen LogP contribution in [0.5, 0.6) is 0 Å². The van der Waals surface area contributed by atoms with Gasteiger partial charge in [0.25, 0.3) is 0 Å². The number of methoxy groups -OCH3 is 1. The van der Waals surface area contributed by atoms with Crippen molar-refractivity contribution >= 4 is 28.3 Å². The second-order valence-corrected chi connectivity index (χ2v) is 8.36. The van der Waals surface area contributed by atoms with Crippen molar-refractivity contribution in [1.29, 1.82) is 0 Å². The second kappa shape index (κ2) is 7.61. The lowest BCUT2D eigenvalue weighted by Gasteiger charge is -2.32. The fourth-order valence-electron chi connectivity index (χ4n) is 2.95. The summed E-state index contributed by atoms with van der Waals surface area (Å²) in [5, 5.41) is 4.55. The standard InChI is InChI=1S/C19H26N4O2S/c1-19(2,3)17-21-18(26-22-17)23-10-8-14(9-11-23)20-15-7-5-6-13(12-15)16(24)25-4/h5-7,12,14,20H,8-11H2,1-4H3. The fraction of sp³-hybridized carbons (Fsp3) is 0.526. The first-order chi connectivity index (χ1) is 12.4. The Morgan fingerprint density at radius 2 is 2.04 bits per heavy atom. The van der Waals surface area contributed by atoms with Gasteiger partial charge in [-0.3, -0.25) is 0 Å². The van der Waals surface area contributed by atoms with Crippen LogP contribution in [0, 0.1) is 0 Å². The molecule has 1 saturated heterocycles. The van der Waals surface area contributed by atoms with Gasteiger partial charge in [-0.15, -0.1) is 0 Å². The number of nitrogens with one attached hydrogen (secondary N) is 1. The monoisotopic (exact) mass is 374 g/mol. The number of carbonyl (C=O) groups excluding carboxylic acids is 1. The van der Waals surface area contributed by atoms with Crippen LogP contribution >= 0.6 is 11.5 Å². The number of esters is 1. The molecule has 140 valence electrons. The van der Waals surface area contributed by atoms with E-state index >= 15 is 0 Å². The highest BCUT2D eigenvalue weighted by molar-refractivity contribution is 7.09. The van der Waals surface area contributed by atoms with E-state index in [2.05, 4.69) is 35.4 Å². The molecule has 1 fully saturated rings. The van der Waals surface area contributed by atoms with Gasteiger partial charge < -0.3 is 15.0 Å². The number of hydrogen-bond donors (Lipinski definition) is 1. The van der Waals surface area contributed by atoms with Gasteiger partial charge in [-0.2, -0.15) is 4.37 Å². The Hall–Kier alpha value is -2.15. The van der Waals surface area contributed by atoms with Crippen molar-refractivity contribution in [2.45, 2.75) is 45.1 Å². The molecule has 0 unspecified atom stereocenters. The number of benzene rings is 1. The van der Waals surface area contributed by atoms with Crippen molar-refractivity contribution < 1.29 is 9.53 Å². The van der Waals surface area contributed by atoms with Gasteiger partial charge in [-0.1, -0.05) is 26.8 Å². The quantitative estimate of drug-likeness (QED) is 0.823. The normalized spacial score (nSPS) is 15.8. The molecule has 0 atom stereocenters. The van der Waals surface area contributed by atoms with E-state index in [0.717, 1.165) is 42.6 Å². The molecule has 7 heteroatoms. The number of ether oxygens (including phenoxy) is 1. The first kappa shape index (κ1) is 18.6. The third-order valence-electron chi connectivity index (χ3n) is 4.51. The van der Waals surface area contributed by atoms with Crippen LogP contribution in [0.15, 0.2) is 24.3 Å². The van der Waals surface area contributed by atoms with Gasteiger partial charge in [0, 0.05) is 41.8 Å².